The van der Waals surface area contributed by atoms with Crippen LogP contribution in [0.4, 0.5) is 9.18 Å². The molecule has 0 radical (unpaired) electrons. The molecule has 3 aliphatic rings. The van der Waals surface area contributed by atoms with Gasteiger partial charge in [-0.15, -0.1) is 0 Å². The summed E-state index contributed by atoms with van der Waals surface area (Å²) in [6.07, 6.45) is 2.30. The first-order valence-electron chi connectivity index (χ1n) is 10.2. The largest absolute Gasteiger partial charge is 0.333 e. The Morgan fingerprint density at radius 2 is 2.03 bits per heavy atom. The lowest BCUT2D eigenvalue weighted by atomic mass is 10.0. The van der Waals surface area contributed by atoms with Crippen LogP contribution < -0.4 is 0 Å². The Balaban J connectivity index is 1.74. The van der Waals surface area contributed by atoms with Crippen LogP contribution in [0.1, 0.15) is 25.3 Å². The van der Waals surface area contributed by atoms with Gasteiger partial charge in [-0.3, -0.25) is 19.5 Å². The highest BCUT2D eigenvalue weighted by Gasteiger charge is 2.53. The summed E-state index contributed by atoms with van der Waals surface area (Å²) in [5.41, 5.74) is 0.315. The van der Waals surface area contributed by atoms with Crippen molar-refractivity contribution in [1.82, 2.24) is 14.7 Å². The summed E-state index contributed by atoms with van der Waals surface area (Å²) in [5.74, 6) is 0.832. The number of carbonyl (C=O) groups is 2. The van der Waals surface area contributed by atoms with E-state index in [-0.39, 0.29) is 12.5 Å². The van der Waals surface area contributed by atoms with E-state index in [0.717, 1.165) is 24.4 Å². The number of benzene rings is 1. The number of amidine groups is 2. The Labute approximate surface area is 180 Å². The molecule has 160 valence electrons. The van der Waals surface area contributed by atoms with Gasteiger partial charge in [0, 0.05) is 26.2 Å². The molecule has 1 aromatic rings. The SMILES string of the molecule is CC1CCCN(CC2=[N+](Cc3c(F)cccc3Cl)C3C(=O)N(C)C(=O)N(C)C3=N2)C1. The number of likely N-dealkylation sites (N-methyl/N-ethyl adjacent to an activating group) is 2. The fraction of sp³-hybridized carbons (Fsp3) is 0.524. The van der Waals surface area contributed by atoms with Crippen LogP contribution in [-0.4, -0.2) is 82.7 Å². The highest BCUT2D eigenvalue weighted by Crippen LogP contribution is 2.26. The minimum Gasteiger partial charge on any atom is -0.292 e. The number of rotatable bonds is 4. The molecule has 3 heterocycles. The average Bonchev–Trinajstić information content (AvgIpc) is 3.05. The molecule has 2 atom stereocenters. The van der Waals surface area contributed by atoms with E-state index in [1.807, 2.05) is 0 Å². The predicted molar refractivity (Wildman–Crippen MR) is 112 cm³/mol. The molecule has 4 rings (SSSR count). The van der Waals surface area contributed by atoms with Crippen LogP contribution in [0.25, 0.3) is 0 Å². The van der Waals surface area contributed by atoms with Crippen molar-refractivity contribution < 1.29 is 18.6 Å². The number of nitrogens with zero attached hydrogens (tertiary/aromatic N) is 5. The van der Waals surface area contributed by atoms with Crippen LogP contribution in [0.15, 0.2) is 23.2 Å². The molecule has 3 amide bonds. The van der Waals surface area contributed by atoms with Gasteiger partial charge in [-0.25, -0.2) is 13.8 Å². The highest BCUT2D eigenvalue weighted by atomic mass is 35.5. The number of urea groups is 1. The number of likely N-dealkylation sites (tertiary alicyclic amines) is 1. The first-order valence-corrected chi connectivity index (χ1v) is 10.6. The minimum absolute atomic E-state index is 0.101. The summed E-state index contributed by atoms with van der Waals surface area (Å²) < 4.78 is 16.3. The van der Waals surface area contributed by atoms with Gasteiger partial charge >= 0.3 is 11.9 Å². The van der Waals surface area contributed by atoms with Gasteiger partial charge in [0.05, 0.1) is 5.02 Å². The van der Waals surface area contributed by atoms with E-state index < -0.39 is 17.9 Å². The lowest BCUT2D eigenvalue weighted by Gasteiger charge is -2.31. The number of hydrogen-bond donors (Lipinski definition) is 0. The zero-order valence-corrected chi connectivity index (χ0v) is 18.2. The number of imide groups is 1. The Morgan fingerprint density at radius 1 is 1.27 bits per heavy atom. The van der Waals surface area contributed by atoms with Crippen molar-refractivity contribution in [2.75, 3.05) is 33.7 Å². The summed E-state index contributed by atoms with van der Waals surface area (Å²) in [6, 6.07) is 3.35. The number of fused-ring (bicyclic) bond motifs is 1. The second kappa shape index (κ2) is 8.07. The van der Waals surface area contributed by atoms with Crippen LogP contribution in [0, 0.1) is 11.7 Å². The summed E-state index contributed by atoms with van der Waals surface area (Å²) in [6.45, 7) is 4.74. The lowest BCUT2D eigenvalue weighted by molar-refractivity contribution is -0.552. The van der Waals surface area contributed by atoms with Crippen molar-refractivity contribution in [2.24, 2.45) is 10.9 Å². The monoisotopic (exact) mass is 434 g/mol. The molecule has 30 heavy (non-hydrogen) atoms. The Hall–Kier alpha value is -2.32. The normalized spacial score (nSPS) is 25.2. The van der Waals surface area contributed by atoms with Crippen molar-refractivity contribution in [3.8, 4) is 0 Å². The molecule has 9 heteroatoms. The summed E-state index contributed by atoms with van der Waals surface area (Å²) in [4.78, 5) is 34.9. The zero-order valence-electron chi connectivity index (χ0n) is 17.4. The van der Waals surface area contributed by atoms with Crippen molar-refractivity contribution in [3.05, 3.63) is 34.6 Å². The van der Waals surface area contributed by atoms with Crippen LogP contribution >= 0.6 is 11.6 Å². The van der Waals surface area contributed by atoms with Gasteiger partial charge in [-0.05, 0) is 42.4 Å². The standard InChI is InChI=1S/C21H26ClFN5O2/c1-13-6-5-9-27(10-13)12-17-24-19-18(20(29)26(3)21(30)25(19)2)28(17)11-14-15(22)7-4-8-16(14)23/h4,7-8,13,18H,5-6,9-12H2,1-3H3/q+1. The van der Waals surface area contributed by atoms with Gasteiger partial charge in [0.25, 0.3) is 17.8 Å². The van der Waals surface area contributed by atoms with Crippen molar-refractivity contribution in [1.29, 1.82) is 0 Å². The third kappa shape index (κ3) is 3.63. The molecule has 2 fully saturated rings. The molecule has 0 spiro atoms. The zero-order chi connectivity index (χ0) is 21.6. The van der Waals surface area contributed by atoms with Crippen molar-refractivity contribution in [2.45, 2.75) is 32.4 Å². The molecule has 2 saturated heterocycles. The molecule has 0 bridgehead atoms. The van der Waals surface area contributed by atoms with E-state index in [4.69, 9.17) is 16.6 Å². The van der Waals surface area contributed by atoms with Gasteiger partial charge in [0.1, 0.15) is 18.9 Å². The maximum Gasteiger partial charge on any atom is 0.333 e. The number of halogens is 2. The topological polar surface area (TPSA) is 59.2 Å². The average molecular weight is 435 g/mol. The summed E-state index contributed by atoms with van der Waals surface area (Å²) in [5, 5.41) is 0.301. The summed E-state index contributed by atoms with van der Waals surface area (Å²) >= 11 is 6.28. The number of piperidine rings is 1. The molecule has 3 aliphatic heterocycles. The Bertz CT molecular complexity index is 942. The van der Waals surface area contributed by atoms with Crippen molar-refractivity contribution >= 4 is 35.2 Å². The van der Waals surface area contributed by atoms with Crippen LogP contribution in [0.3, 0.4) is 0 Å². The molecule has 0 saturated carbocycles. The lowest BCUT2D eigenvalue weighted by Crippen LogP contribution is -2.61. The Morgan fingerprint density at radius 3 is 2.73 bits per heavy atom. The third-order valence-electron chi connectivity index (χ3n) is 6.11. The van der Waals surface area contributed by atoms with Crippen LogP contribution in [-0.2, 0) is 11.3 Å². The molecule has 1 aromatic carbocycles. The molecule has 0 N–H and O–H groups in total. The molecule has 7 nitrogen and oxygen atoms in total. The molecule has 0 aliphatic carbocycles. The highest BCUT2D eigenvalue weighted by molar-refractivity contribution is 6.31. The van der Waals surface area contributed by atoms with Crippen LogP contribution in [0.5, 0.6) is 0 Å². The number of amides is 3. The molecule has 2 unspecified atom stereocenters. The maximum absolute atomic E-state index is 14.5. The molecular weight excluding hydrogens is 409 g/mol. The fourth-order valence-corrected chi connectivity index (χ4v) is 4.66. The smallest absolute Gasteiger partial charge is 0.292 e. The van der Waals surface area contributed by atoms with Gasteiger partial charge in [-0.2, -0.15) is 0 Å². The van der Waals surface area contributed by atoms with E-state index in [0.29, 0.717) is 34.7 Å². The quantitative estimate of drug-likeness (QED) is 0.684. The maximum atomic E-state index is 14.5. The first-order chi connectivity index (χ1) is 14.3. The van der Waals surface area contributed by atoms with Crippen molar-refractivity contribution in [3.63, 3.8) is 0 Å². The van der Waals surface area contributed by atoms with Gasteiger partial charge in [-0.1, -0.05) is 24.6 Å². The number of hydrogen-bond acceptors (Lipinski definition) is 4. The van der Waals surface area contributed by atoms with Crippen LogP contribution in [0.2, 0.25) is 5.02 Å². The summed E-state index contributed by atoms with van der Waals surface area (Å²) in [7, 11) is 3.06. The van der Waals surface area contributed by atoms with E-state index in [1.54, 1.807) is 23.8 Å². The van der Waals surface area contributed by atoms with Gasteiger partial charge in [0.15, 0.2) is 0 Å². The van der Waals surface area contributed by atoms with E-state index in [2.05, 4.69) is 11.8 Å². The third-order valence-corrected chi connectivity index (χ3v) is 6.46. The molecule has 0 aromatic heterocycles. The van der Waals surface area contributed by atoms with E-state index >= 15 is 0 Å². The minimum atomic E-state index is -0.773. The molecular formula is C21H26ClFN5O2+. The Kier molecular flexibility index (Phi) is 5.63. The fourth-order valence-electron chi connectivity index (χ4n) is 4.44. The second-order valence-corrected chi connectivity index (χ2v) is 8.75. The van der Waals surface area contributed by atoms with Gasteiger partial charge < -0.3 is 0 Å². The second-order valence-electron chi connectivity index (χ2n) is 8.34. The van der Waals surface area contributed by atoms with Gasteiger partial charge in [0.2, 0.25) is 0 Å². The van der Waals surface area contributed by atoms with E-state index in [9.17, 15) is 14.0 Å². The first kappa shape index (κ1) is 20.9. The number of carbonyl (C=O) groups excluding carboxylic acids is 2. The number of aliphatic imine (C=N–C) groups is 1. The predicted octanol–water partition coefficient (Wildman–Crippen LogP) is 2.43. The van der Waals surface area contributed by atoms with E-state index in [1.165, 1.54) is 24.4 Å².